The molecule has 1 aromatic carbocycles. The van der Waals surface area contributed by atoms with E-state index in [0.29, 0.717) is 11.2 Å². The molecule has 4 aromatic rings. The Morgan fingerprint density at radius 2 is 1.77 bits per heavy atom. The van der Waals surface area contributed by atoms with Crippen molar-refractivity contribution in [3.63, 3.8) is 0 Å². The number of hydrogen-bond acceptors (Lipinski definition) is 6. The van der Waals surface area contributed by atoms with E-state index in [4.69, 9.17) is 9.97 Å². The standard InChI is InChI=1S/C19H18N4OS2/c1-9-11(3)25-19-15(9)17(24)22-16(23-19)12(4)26-18-10(2)20-13-7-5-6-8-14(13)21-18/h5-8,12H,1-4H3,(H,22,23,24). The third-order valence-corrected chi connectivity index (χ3v) is 6.72. The van der Waals surface area contributed by atoms with E-state index in [9.17, 15) is 4.79 Å². The van der Waals surface area contributed by atoms with Crippen molar-refractivity contribution >= 4 is 44.3 Å². The van der Waals surface area contributed by atoms with Crippen molar-refractivity contribution in [2.75, 3.05) is 0 Å². The average Bonchev–Trinajstić information content (AvgIpc) is 2.90. The Labute approximate surface area is 158 Å². The zero-order chi connectivity index (χ0) is 18.4. The van der Waals surface area contributed by atoms with Crippen LogP contribution in [0.15, 0.2) is 34.1 Å². The highest BCUT2D eigenvalue weighted by atomic mass is 32.2. The van der Waals surface area contributed by atoms with Crippen LogP contribution in [0, 0.1) is 20.8 Å². The molecule has 0 saturated carbocycles. The van der Waals surface area contributed by atoms with Gasteiger partial charge in [-0.15, -0.1) is 11.3 Å². The monoisotopic (exact) mass is 382 g/mol. The van der Waals surface area contributed by atoms with Gasteiger partial charge in [-0.25, -0.2) is 15.0 Å². The number of nitrogens with zero attached hydrogens (tertiary/aromatic N) is 3. The lowest BCUT2D eigenvalue weighted by atomic mass is 10.2. The van der Waals surface area contributed by atoms with E-state index in [1.54, 1.807) is 23.1 Å². The SMILES string of the molecule is Cc1nc2ccccc2nc1SC(C)c1nc2sc(C)c(C)c2c(=O)[nH]1. The summed E-state index contributed by atoms with van der Waals surface area (Å²) in [5.74, 6) is 0.670. The van der Waals surface area contributed by atoms with E-state index < -0.39 is 0 Å². The smallest absolute Gasteiger partial charge is 0.259 e. The van der Waals surface area contributed by atoms with Crippen molar-refractivity contribution in [3.05, 3.63) is 56.6 Å². The molecule has 4 rings (SSSR count). The van der Waals surface area contributed by atoms with Gasteiger partial charge in [0.15, 0.2) is 0 Å². The number of H-pyrrole nitrogens is 1. The van der Waals surface area contributed by atoms with Crippen LogP contribution in [0.4, 0.5) is 0 Å². The lowest BCUT2D eigenvalue weighted by Crippen LogP contribution is -2.12. The Kier molecular flexibility index (Phi) is 4.28. The number of thiophene rings is 1. The second kappa shape index (κ2) is 6.48. The van der Waals surface area contributed by atoms with Gasteiger partial charge in [-0.05, 0) is 45.4 Å². The molecule has 132 valence electrons. The van der Waals surface area contributed by atoms with Crippen LogP contribution in [0.2, 0.25) is 0 Å². The molecule has 0 aliphatic rings. The van der Waals surface area contributed by atoms with Gasteiger partial charge in [-0.1, -0.05) is 23.9 Å². The van der Waals surface area contributed by atoms with Crippen molar-refractivity contribution in [2.45, 2.75) is 38.0 Å². The molecule has 7 heteroatoms. The van der Waals surface area contributed by atoms with E-state index in [2.05, 4.69) is 9.97 Å². The first kappa shape index (κ1) is 17.2. The summed E-state index contributed by atoms with van der Waals surface area (Å²) in [4.78, 5) is 31.4. The predicted octanol–water partition coefficient (Wildman–Crippen LogP) is 4.71. The molecule has 0 spiro atoms. The van der Waals surface area contributed by atoms with E-state index >= 15 is 0 Å². The normalized spacial score (nSPS) is 12.8. The summed E-state index contributed by atoms with van der Waals surface area (Å²) in [6.45, 7) is 7.97. The average molecular weight is 383 g/mol. The van der Waals surface area contributed by atoms with E-state index in [1.165, 1.54) is 0 Å². The Balaban J connectivity index is 1.72. The van der Waals surface area contributed by atoms with Crippen LogP contribution in [-0.2, 0) is 0 Å². The number of aromatic nitrogens is 4. The molecule has 26 heavy (non-hydrogen) atoms. The zero-order valence-corrected chi connectivity index (χ0v) is 16.6. The van der Waals surface area contributed by atoms with E-state index in [-0.39, 0.29) is 10.8 Å². The largest absolute Gasteiger partial charge is 0.309 e. The number of rotatable bonds is 3. The Morgan fingerprint density at radius 1 is 1.08 bits per heavy atom. The fourth-order valence-electron chi connectivity index (χ4n) is 2.87. The molecule has 1 N–H and O–H groups in total. The van der Waals surface area contributed by atoms with Gasteiger partial charge in [0.05, 0.1) is 27.4 Å². The minimum atomic E-state index is -0.0689. The molecule has 0 aliphatic carbocycles. The van der Waals surface area contributed by atoms with Gasteiger partial charge in [0.25, 0.3) is 5.56 Å². The van der Waals surface area contributed by atoms with Crippen LogP contribution < -0.4 is 5.56 Å². The first-order valence-corrected chi connectivity index (χ1v) is 10.0. The van der Waals surface area contributed by atoms with Crippen molar-refractivity contribution < 1.29 is 0 Å². The molecule has 0 amide bonds. The Morgan fingerprint density at radius 3 is 2.50 bits per heavy atom. The van der Waals surface area contributed by atoms with Crippen LogP contribution in [0.3, 0.4) is 0 Å². The van der Waals surface area contributed by atoms with E-state index in [1.807, 2.05) is 52.0 Å². The van der Waals surface area contributed by atoms with Crippen LogP contribution in [0.25, 0.3) is 21.3 Å². The molecular weight excluding hydrogens is 364 g/mol. The molecule has 3 aromatic heterocycles. The van der Waals surface area contributed by atoms with Gasteiger partial charge in [-0.3, -0.25) is 4.79 Å². The second-order valence-corrected chi connectivity index (χ2v) is 8.81. The summed E-state index contributed by atoms with van der Waals surface area (Å²) >= 11 is 3.13. The number of fused-ring (bicyclic) bond motifs is 2. The highest BCUT2D eigenvalue weighted by Crippen LogP contribution is 2.35. The lowest BCUT2D eigenvalue weighted by molar-refractivity contribution is 0.916. The fraction of sp³-hybridized carbons (Fsp3) is 0.263. The maximum Gasteiger partial charge on any atom is 0.259 e. The molecule has 1 atom stereocenters. The molecular formula is C19H18N4OS2. The zero-order valence-electron chi connectivity index (χ0n) is 15.0. The lowest BCUT2D eigenvalue weighted by Gasteiger charge is -2.12. The molecule has 0 bridgehead atoms. The number of para-hydroxylation sites is 2. The minimum absolute atomic E-state index is 0.0380. The summed E-state index contributed by atoms with van der Waals surface area (Å²) in [6.07, 6.45) is 0. The van der Waals surface area contributed by atoms with Crippen molar-refractivity contribution in [2.24, 2.45) is 0 Å². The van der Waals surface area contributed by atoms with E-state index in [0.717, 1.165) is 37.0 Å². The fourth-order valence-corrected chi connectivity index (χ4v) is 4.83. The molecule has 5 nitrogen and oxygen atoms in total. The molecule has 1 unspecified atom stereocenters. The van der Waals surface area contributed by atoms with Gasteiger partial charge in [0.2, 0.25) is 0 Å². The number of thioether (sulfide) groups is 1. The van der Waals surface area contributed by atoms with Gasteiger partial charge in [-0.2, -0.15) is 0 Å². The van der Waals surface area contributed by atoms with Crippen molar-refractivity contribution in [3.8, 4) is 0 Å². The first-order chi connectivity index (χ1) is 12.4. The molecule has 0 saturated heterocycles. The van der Waals surface area contributed by atoms with Crippen molar-refractivity contribution in [1.29, 1.82) is 0 Å². The highest BCUT2D eigenvalue weighted by Gasteiger charge is 2.18. The van der Waals surface area contributed by atoms with Crippen molar-refractivity contribution in [1.82, 2.24) is 19.9 Å². The summed E-state index contributed by atoms with van der Waals surface area (Å²) in [6, 6.07) is 7.83. The van der Waals surface area contributed by atoms with Gasteiger partial charge in [0.1, 0.15) is 15.7 Å². The van der Waals surface area contributed by atoms with Gasteiger partial charge < -0.3 is 4.98 Å². The van der Waals surface area contributed by atoms with Crippen LogP contribution in [0.1, 0.15) is 34.1 Å². The van der Waals surface area contributed by atoms with Crippen LogP contribution in [0.5, 0.6) is 0 Å². The topological polar surface area (TPSA) is 71.5 Å². The molecule has 0 aliphatic heterocycles. The number of aromatic amines is 1. The second-order valence-electron chi connectivity index (χ2n) is 6.28. The quantitative estimate of drug-likeness (QED) is 0.520. The summed E-state index contributed by atoms with van der Waals surface area (Å²) in [7, 11) is 0. The molecule has 3 heterocycles. The highest BCUT2D eigenvalue weighted by molar-refractivity contribution is 7.99. The Bertz CT molecular complexity index is 1200. The predicted molar refractivity (Wildman–Crippen MR) is 108 cm³/mol. The summed E-state index contributed by atoms with van der Waals surface area (Å²) in [5.41, 5.74) is 3.59. The maximum atomic E-state index is 12.5. The van der Waals surface area contributed by atoms with Crippen LogP contribution >= 0.6 is 23.1 Å². The number of nitrogens with one attached hydrogen (secondary N) is 1. The summed E-state index contributed by atoms with van der Waals surface area (Å²) in [5, 5.41) is 1.52. The van der Waals surface area contributed by atoms with Gasteiger partial charge >= 0.3 is 0 Å². The third kappa shape index (κ3) is 2.91. The minimum Gasteiger partial charge on any atom is -0.309 e. The van der Waals surface area contributed by atoms with Gasteiger partial charge in [0, 0.05) is 4.88 Å². The third-order valence-electron chi connectivity index (χ3n) is 4.43. The maximum absolute atomic E-state index is 12.5. The number of aryl methyl sites for hydroxylation is 3. The number of benzene rings is 1. The Hall–Kier alpha value is -2.25. The summed E-state index contributed by atoms with van der Waals surface area (Å²) < 4.78 is 0. The first-order valence-electron chi connectivity index (χ1n) is 8.34. The molecule has 0 radical (unpaired) electrons. The van der Waals surface area contributed by atoms with Crippen LogP contribution in [-0.4, -0.2) is 19.9 Å². The molecule has 0 fully saturated rings. The number of hydrogen-bond donors (Lipinski definition) is 1.